The molecule has 36 N–H and O–H groups in total. The van der Waals surface area contributed by atoms with Crippen molar-refractivity contribution in [2.24, 2.45) is 51.9 Å². The highest BCUT2D eigenvalue weighted by Crippen LogP contribution is 2.29. The second-order valence-electron chi connectivity index (χ2n) is 35.7. The largest absolute Gasteiger partial charge is 0.370 e. The van der Waals surface area contributed by atoms with Crippen LogP contribution in [-0.2, 0) is 84.8 Å². The predicted molar refractivity (Wildman–Crippen MR) is 514 cm³/mol. The molecule has 2 aromatic carbocycles. The zero-order chi connectivity index (χ0) is 99.2. The van der Waals surface area contributed by atoms with Gasteiger partial charge in [-0.1, -0.05) is 50.2 Å². The third-order valence-electron chi connectivity index (χ3n) is 24.5. The molecule has 754 valence electrons. The molecule has 0 radical (unpaired) electrons. The number of rotatable bonds is 41. The molecule has 45 nitrogen and oxygen atoms in total. The number of benzene rings is 2. The van der Waals surface area contributed by atoms with E-state index in [4.69, 9.17) is 56.8 Å². The number of aromatic nitrogens is 2. The van der Waals surface area contributed by atoms with Gasteiger partial charge in [0.15, 0.2) is 11.9 Å². The molecule has 3 aliphatic rings. The molecule has 15 amide bonds. The van der Waals surface area contributed by atoms with Gasteiger partial charge in [0.25, 0.3) is 0 Å². The lowest BCUT2D eigenvalue weighted by molar-refractivity contribution is -0.148. The highest BCUT2D eigenvalue weighted by atomic mass is 16.2. The Labute approximate surface area is 793 Å². The van der Waals surface area contributed by atoms with Crippen LogP contribution in [0, 0.1) is 16.7 Å². The van der Waals surface area contributed by atoms with Crippen LogP contribution in [0.15, 0.2) is 60.9 Å². The van der Waals surface area contributed by atoms with Gasteiger partial charge in [-0.15, -0.1) is 0 Å². The fraction of sp³-hybridized carbons (Fsp3) is 0.637. The number of carbonyl (C=O) groups excluding carboxylic acids is 15. The fourth-order valence-electron chi connectivity index (χ4n) is 17.1. The zero-order valence-electron chi connectivity index (χ0n) is 78.9. The number of hydrogen-bond donors (Lipinski definition) is 28. The minimum Gasteiger partial charge on any atom is -0.370 e. The summed E-state index contributed by atoms with van der Waals surface area (Å²) in [5.74, 6) is -7.58. The lowest BCUT2D eigenvalue weighted by Gasteiger charge is -2.33. The Morgan fingerprint density at radius 3 is 1.07 bits per heavy atom. The quantitative estimate of drug-likeness (QED) is 0.00667. The second kappa shape index (κ2) is 59.0. The number of aromatic amines is 2. The molecular formula is C91H150N30O15. The number of para-hydroxylation sites is 2. The van der Waals surface area contributed by atoms with Crippen molar-refractivity contribution in [3.05, 3.63) is 72.1 Å². The maximum absolute atomic E-state index is 15.5. The third kappa shape index (κ3) is 36.1. The molecular weight excluding hydrogens is 1750 g/mol. The molecule has 0 spiro atoms. The van der Waals surface area contributed by atoms with Crippen LogP contribution < -0.4 is 131 Å². The van der Waals surface area contributed by atoms with Crippen molar-refractivity contribution in [1.82, 2.24) is 105 Å². The minimum atomic E-state index is -1.55. The Kier molecular flexibility index (Phi) is 48.1. The van der Waals surface area contributed by atoms with E-state index in [1.54, 1.807) is 62.6 Å². The second-order valence-corrected chi connectivity index (χ2v) is 35.7. The highest BCUT2D eigenvalue weighted by molar-refractivity contribution is 6.02. The number of guanidine groups is 2. The van der Waals surface area contributed by atoms with Crippen molar-refractivity contribution in [2.75, 3.05) is 72.0 Å². The maximum atomic E-state index is 15.5. The van der Waals surface area contributed by atoms with Crippen LogP contribution in [0.5, 0.6) is 0 Å². The summed E-state index contributed by atoms with van der Waals surface area (Å²) in [6.45, 7) is 6.05. The molecule has 0 unspecified atom stereocenters. The van der Waals surface area contributed by atoms with E-state index in [2.05, 4.69) is 95.1 Å². The van der Waals surface area contributed by atoms with Crippen molar-refractivity contribution < 1.29 is 71.9 Å². The van der Waals surface area contributed by atoms with Crippen molar-refractivity contribution in [1.29, 1.82) is 10.8 Å². The third-order valence-corrected chi connectivity index (χ3v) is 24.5. The molecule has 3 fully saturated rings. The number of nitrogens with one attached hydrogen (secondary N) is 20. The molecule has 3 aliphatic heterocycles. The van der Waals surface area contributed by atoms with Gasteiger partial charge in [-0.2, -0.15) is 0 Å². The van der Waals surface area contributed by atoms with E-state index < -0.39 is 185 Å². The number of nitrogens with zero attached hydrogens (tertiary/aromatic N) is 2. The Hall–Kier alpha value is -12.2. The van der Waals surface area contributed by atoms with Gasteiger partial charge in [0.1, 0.15) is 84.6 Å². The van der Waals surface area contributed by atoms with E-state index in [1.165, 1.54) is 16.7 Å². The number of hydrogen-bond acceptors (Lipinski definition) is 24. The monoisotopic (exact) mass is 1900 g/mol. The maximum Gasteiger partial charge on any atom is 0.246 e. The first kappa shape index (κ1) is 111. The van der Waals surface area contributed by atoms with E-state index >= 15 is 57.5 Å². The first-order valence-corrected chi connectivity index (χ1v) is 48.1. The molecule has 136 heavy (non-hydrogen) atoms. The molecule has 0 aliphatic carbocycles. The first-order valence-electron chi connectivity index (χ1n) is 48.1. The van der Waals surface area contributed by atoms with Crippen LogP contribution in [-0.4, -0.2) is 277 Å². The van der Waals surface area contributed by atoms with E-state index in [-0.39, 0.29) is 213 Å². The molecule has 3 saturated heterocycles. The number of carbonyl (C=O) groups is 15. The average molecular weight is 1900 g/mol. The molecule has 7 rings (SSSR count). The molecule has 5 heterocycles. The highest BCUT2D eigenvalue weighted by Gasteiger charge is 2.46. The molecule has 14 atom stereocenters. The van der Waals surface area contributed by atoms with Crippen molar-refractivity contribution >= 4 is 122 Å². The zero-order valence-corrected chi connectivity index (χ0v) is 78.9. The number of nitrogens with two attached hydrogens (primary N) is 8. The molecule has 0 bridgehead atoms. The molecule has 0 saturated carbocycles. The van der Waals surface area contributed by atoms with Crippen LogP contribution in [0.1, 0.15) is 205 Å². The van der Waals surface area contributed by atoms with Gasteiger partial charge < -0.3 is 140 Å². The smallest absolute Gasteiger partial charge is 0.246 e. The topological polar surface area (TPSA) is 742 Å². The lowest BCUT2D eigenvalue weighted by atomic mass is 9.99. The molecule has 4 aromatic rings. The van der Waals surface area contributed by atoms with Crippen LogP contribution >= 0.6 is 0 Å². The summed E-state index contributed by atoms with van der Waals surface area (Å²) in [6, 6.07) is -5.27. The van der Waals surface area contributed by atoms with Gasteiger partial charge in [-0.3, -0.25) is 94.0 Å². The number of H-pyrrole nitrogens is 2. The van der Waals surface area contributed by atoms with Gasteiger partial charge in [0.2, 0.25) is 88.6 Å². The van der Waals surface area contributed by atoms with Crippen molar-refractivity contribution in [3.63, 3.8) is 0 Å². The molecule has 45 heteroatoms. The Morgan fingerprint density at radius 2 is 0.684 bits per heavy atom. The summed E-state index contributed by atoms with van der Waals surface area (Å²) in [6.07, 6.45) is 7.17. The average Bonchev–Trinajstić information content (AvgIpc) is 1.66. The van der Waals surface area contributed by atoms with Gasteiger partial charge in [0, 0.05) is 79.8 Å². The van der Waals surface area contributed by atoms with Crippen LogP contribution in [0.4, 0.5) is 0 Å². The summed E-state index contributed by atoms with van der Waals surface area (Å²) >= 11 is 0. The number of amides is 15. The van der Waals surface area contributed by atoms with Crippen LogP contribution in [0.25, 0.3) is 21.8 Å². The van der Waals surface area contributed by atoms with E-state index in [1.807, 2.05) is 12.1 Å². The first-order chi connectivity index (χ1) is 65.3. The minimum absolute atomic E-state index is 0.00460. The fourth-order valence-corrected chi connectivity index (χ4v) is 17.1. The Morgan fingerprint density at radius 1 is 0.375 bits per heavy atom. The normalized spacial score (nSPS) is 23.7. The standard InChI is InChI=1S/C91H150N30O15/c1-54(2)48-70-84(131)113-64(30-10-16-40-94)80(127)110-63(29-9-15-39-93)78(125)111-67(34-20-44-103-90(97)98)81(128)112-68(35-21-45-104-91(99)100)83(130)118-71(49-56-51-105-60-26-6-4-24-58(56)60)85(132)114-65(31-11-17-41-95)79(126)109-62(28-8-14-38-92)77(124)108-55(3)76(123)116-69(33-12-18-42-96)88(135)121-47-23-37-74(121)89(136)120-46-22-36-73(120)87(134)115-66(32-13-19-43-102-75(122)53-107-101)82(129)119-72(86(133)117-70)50-57-52-106-61-27-7-5-25-59(57)61/h4-7,24-27,51-52,54-55,62-74,105-107H,8-23,28-50,53,92-96,101H2,1-3H3,(H,102,122)(H,108,124)(H,109,126)(H,110,127)(H,111,125)(H,112,128)(H,113,131)(H,114,132)(H,115,134)(H,116,123)(H,117,133)(H,118,130)(H,119,129)(H4,97,98,103)(H4,99,100,104)/t55-,62-,63-,64-,65-,66-,67-,68-,69-,70-,71-,72-,73-,74+/m0/s1. The summed E-state index contributed by atoms with van der Waals surface area (Å²) < 4.78 is 0. The Balaban J connectivity index is 1.35. The van der Waals surface area contributed by atoms with Gasteiger partial charge >= 0.3 is 0 Å². The van der Waals surface area contributed by atoms with Crippen LogP contribution in [0.2, 0.25) is 0 Å². The van der Waals surface area contributed by atoms with E-state index in [0.717, 1.165) is 0 Å². The summed E-state index contributed by atoms with van der Waals surface area (Å²) in [4.78, 5) is 235. The number of hydrazine groups is 1. The van der Waals surface area contributed by atoms with Crippen molar-refractivity contribution in [3.8, 4) is 0 Å². The van der Waals surface area contributed by atoms with Gasteiger partial charge in [-0.25, -0.2) is 0 Å². The SMILES string of the molecule is CC(C)C[C@@H]1NC(=O)[C@H](Cc2c[nH]c3ccccc23)NC(=O)[C@H](CCCCNC(=O)CNN)NC(=O)[C@@H]2CCCN2C(=O)[C@H]2CCCN2C(=O)[C@H](CCCCN)NC(=O)[C@H](C)NC(=O)[C@H](CCCCN)NC(=O)[C@H](CCCCN)NC(=O)[C@H](Cc2c[nH]c3ccccc23)NC(=O)[C@H](CCCNC(=N)N)NC(=O)[C@H](CCCNC(=N)N)NC(=O)[C@H](CCCCN)NC(=O)[C@H](CCCCN)NC1=O. The number of unbranched alkanes of at least 4 members (excludes halogenated alkanes) is 6. The van der Waals surface area contributed by atoms with Crippen molar-refractivity contribution in [2.45, 2.75) is 292 Å². The van der Waals surface area contributed by atoms with Gasteiger partial charge in [0.05, 0.1) is 6.54 Å². The van der Waals surface area contributed by atoms with Crippen LogP contribution in [0.3, 0.4) is 0 Å². The van der Waals surface area contributed by atoms with E-state index in [0.29, 0.717) is 84.3 Å². The molecule has 2 aromatic heterocycles. The number of fused-ring (bicyclic) bond motifs is 4. The summed E-state index contributed by atoms with van der Waals surface area (Å²) in [5, 5.41) is 59.1. The predicted octanol–water partition coefficient (Wildman–Crippen LogP) is -3.77. The lowest BCUT2D eigenvalue weighted by Crippen LogP contribution is -2.61. The summed E-state index contributed by atoms with van der Waals surface area (Å²) in [5.41, 5.74) is 46.1. The summed E-state index contributed by atoms with van der Waals surface area (Å²) in [7, 11) is 0. The van der Waals surface area contributed by atoms with E-state index in [9.17, 15) is 14.4 Å². The Bertz CT molecular complexity index is 4610. The van der Waals surface area contributed by atoms with Gasteiger partial charge in [-0.05, 0) is 242 Å².